The molecule has 0 bridgehead atoms. The van der Waals surface area contributed by atoms with Gasteiger partial charge in [0.05, 0.1) is 12.8 Å². The predicted molar refractivity (Wildman–Crippen MR) is 56.3 cm³/mol. The second kappa shape index (κ2) is 6.62. The molecule has 1 aromatic rings. The van der Waals surface area contributed by atoms with Gasteiger partial charge in [-0.05, 0) is 37.9 Å². The first kappa shape index (κ1) is 11.3. The smallest absolute Gasteiger partial charge is 0.120 e. The Hall–Kier alpha value is -0.800. The second-order valence-corrected chi connectivity index (χ2v) is 3.40. The molecule has 0 aliphatic heterocycles. The van der Waals surface area contributed by atoms with Crippen LogP contribution in [0.3, 0.4) is 0 Å². The largest absolute Gasteiger partial charge is 0.468 e. The third-order valence-corrected chi connectivity index (χ3v) is 2.21. The molecule has 0 saturated heterocycles. The first-order valence-corrected chi connectivity index (χ1v) is 5.07. The van der Waals surface area contributed by atoms with Crippen LogP contribution in [0.5, 0.6) is 0 Å². The van der Waals surface area contributed by atoms with Gasteiger partial charge in [-0.15, -0.1) is 0 Å². The Morgan fingerprint density at radius 3 is 2.93 bits per heavy atom. The van der Waals surface area contributed by atoms with Gasteiger partial charge in [0.15, 0.2) is 0 Å². The Bertz CT molecular complexity index is 245. The van der Waals surface area contributed by atoms with Crippen molar-refractivity contribution in [3.63, 3.8) is 0 Å². The molecule has 0 spiro atoms. The molecule has 0 unspecified atom stereocenters. The van der Waals surface area contributed by atoms with Crippen LogP contribution in [0.4, 0.5) is 0 Å². The fraction of sp³-hybridized carbons (Fsp3) is 0.636. The molecule has 0 amide bonds. The molecule has 0 radical (unpaired) electrons. The zero-order valence-electron chi connectivity index (χ0n) is 9.01. The lowest BCUT2D eigenvalue weighted by Gasteiger charge is -2.03. The molecule has 0 aliphatic rings. The van der Waals surface area contributed by atoms with Gasteiger partial charge < -0.3 is 14.5 Å². The van der Waals surface area contributed by atoms with Gasteiger partial charge in [-0.2, -0.15) is 0 Å². The number of furan rings is 1. The van der Waals surface area contributed by atoms with E-state index in [4.69, 9.17) is 9.15 Å². The van der Waals surface area contributed by atoms with Gasteiger partial charge in [-0.3, -0.25) is 0 Å². The van der Waals surface area contributed by atoms with Crippen LogP contribution >= 0.6 is 0 Å². The van der Waals surface area contributed by atoms with E-state index in [1.807, 2.05) is 6.07 Å². The second-order valence-electron chi connectivity index (χ2n) is 3.40. The number of methoxy groups -OCH3 is 1. The maximum Gasteiger partial charge on any atom is 0.120 e. The third kappa shape index (κ3) is 3.94. The van der Waals surface area contributed by atoms with Gasteiger partial charge in [0, 0.05) is 13.7 Å². The average molecular weight is 197 g/mol. The van der Waals surface area contributed by atoms with Crippen molar-refractivity contribution in [3.8, 4) is 0 Å². The molecule has 0 aromatic carbocycles. The van der Waals surface area contributed by atoms with E-state index >= 15 is 0 Å². The summed E-state index contributed by atoms with van der Waals surface area (Å²) in [6, 6.07) is 1.99. The van der Waals surface area contributed by atoms with E-state index in [9.17, 15) is 0 Å². The van der Waals surface area contributed by atoms with Crippen molar-refractivity contribution < 1.29 is 9.15 Å². The highest BCUT2D eigenvalue weighted by molar-refractivity contribution is 5.13. The molecule has 3 heteroatoms. The van der Waals surface area contributed by atoms with Gasteiger partial charge >= 0.3 is 0 Å². The fourth-order valence-electron chi connectivity index (χ4n) is 1.28. The van der Waals surface area contributed by atoms with Gasteiger partial charge in [0.1, 0.15) is 5.76 Å². The topological polar surface area (TPSA) is 34.4 Å². The first-order valence-electron chi connectivity index (χ1n) is 5.07. The van der Waals surface area contributed by atoms with Crippen molar-refractivity contribution in [2.24, 2.45) is 0 Å². The lowest BCUT2D eigenvalue weighted by atomic mass is 10.2. The normalized spacial score (nSPS) is 10.7. The minimum atomic E-state index is 0.825. The third-order valence-electron chi connectivity index (χ3n) is 2.21. The highest BCUT2D eigenvalue weighted by Crippen LogP contribution is 2.07. The molecule has 3 nitrogen and oxygen atoms in total. The molecule has 1 N–H and O–H groups in total. The molecule has 0 aliphatic carbocycles. The summed E-state index contributed by atoms with van der Waals surface area (Å²) in [4.78, 5) is 0. The quantitative estimate of drug-likeness (QED) is 0.680. The van der Waals surface area contributed by atoms with E-state index in [-0.39, 0.29) is 0 Å². The molecule has 14 heavy (non-hydrogen) atoms. The average Bonchev–Trinajstić information content (AvgIpc) is 2.58. The molecular weight excluding hydrogens is 178 g/mol. The number of hydrogen-bond donors (Lipinski definition) is 1. The van der Waals surface area contributed by atoms with Gasteiger partial charge in [0.25, 0.3) is 0 Å². The Balaban J connectivity index is 2.02. The Kier molecular flexibility index (Phi) is 5.33. The van der Waals surface area contributed by atoms with E-state index in [0.29, 0.717) is 0 Å². The van der Waals surface area contributed by atoms with E-state index in [1.54, 1.807) is 13.4 Å². The van der Waals surface area contributed by atoms with Crippen LogP contribution in [-0.2, 0) is 11.3 Å². The highest BCUT2D eigenvalue weighted by Gasteiger charge is 1.99. The van der Waals surface area contributed by atoms with Crippen LogP contribution in [-0.4, -0.2) is 20.3 Å². The number of rotatable bonds is 7. The Morgan fingerprint density at radius 1 is 1.43 bits per heavy atom. The van der Waals surface area contributed by atoms with Crippen molar-refractivity contribution in [1.82, 2.24) is 5.32 Å². The van der Waals surface area contributed by atoms with Gasteiger partial charge in [-0.1, -0.05) is 0 Å². The van der Waals surface area contributed by atoms with E-state index in [1.165, 1.54) is 5.56 Å². The predicted octanol–water partition coefficient (Wildman–Crippen LogP) is 2.10. The summed E-state index contributed by atoms with van der Waals surface area (Å²) in [7, 11) is 1.74. The van der Waals surface area contributed by atoms with Crippen LogP contribution in [0, 0.1) is 6.92 Å². The lowest BCUT2D eigenvalue weighted by Crippen LogP contribution is -2.15. The van der Waals surface area contributed by atoms with Crippen molar-refractivity contribution in [2.45, 2.75) is 26.3 Å². The molecule has 0 fully saturated rings. The molecule has 0 saturated carbocycles. The van der Waals surface area contributed by atoms with Crippen molar-refractivity contribution in [2.75, 3.05) is 20.3 Å². The lowest BCUT2D eigenvalue weighted by molar-refractivity contribution is 0.192. The van der Waals surface area contributed by atoms with Crippen molar-refractivity contribution in [1.29, 1.82) is 0 Å². The number of hydrogen-bond acceptors (Lipinski definition) is 3. The molecule has 0 atom stereocenters. The standard InChI is InChI=1S/C11H19NO2/c1-10-5-8-14-11(10)9-12-6-3-4-7-13-2/h5,8,12H,3-4,6-7,9H2,1-2H3. The molecule has 1 aromatic heterocycles. The number of nitrogens with one attached hydrogen (secondary N) is 1. The molecule has 1 rings (SSSR count). The summed E-state index contributed by atoms with van der Waals surface area (Å²) < 4.78 is 10.3. The van der Waals surface area contributed by atoms with Crippen LogP contribution in [0.25, 0.3) is 0 Å². The summed E-state index contributed by atoms with van der Waals surface area (Å²) >= 11 is 0. The van der Waals surface area contributed by atoms with Crippen LogP contribution in [0.1, 0.15) is 24.2 Å². The van der Waals surface area contributed by atoms with E-state index in [2.05, 4.69) is 12.2 Å². The Labute approximate surface area is 85.4 Å². The summed E-state index contributed by atoms with van der Waals surface area (Å²) in [5.74, 6) is 1.04. The number of unbranched alkanes of at least 4 members (excludes halogenated alkanes) is 1. The fourth-order valence-corrected chi connectivity index (χ4v) is 1.28. The maximum atomic E-state index is 5.30. The summed E-state index contributed by atoms with van der Waals surface area (Å²) in [5.41, 5.74) is 1.22. The summed E-state index contributed by atoms with van der Waals surface area (Å²) in [6.07, 6.45) is 3.99. The molecule has 1 heterocycles. The maximum absolute atomic E-state index is 5.30. The van der Waals surface area contributed by atoms with Crippen LogP contribution in [0.2, 0.25) is 0 Å². The number of ether oxygens (including phenoxy) is 1. The minimum absolute atomic E-state index is 0.825. The van der Waals surface area contributed by atoms with Crippen LogP contribution < -0.4 is 5.32 Å². The molecule has 80 valence electrons. The summed E-state index contributed by atoms with van der Waals surface area (Å²) in [5, 5.41) is 3.34. The van der Waals surface area contributed by atoms with Gasteiger partial charge in [0.2, 0.25) is 0 Å². The van der Waals surface area contributed by atoms with Crippen LogP contribution in [0.15, 0.2) is 16.7 Å². The number of aryl methyl sites for hydroxylation is 1. The van der Waals surface area contributed by atoms with E-state index in [0.717, 1.165) is 38.3 Å². The Morgan fingerprint density at radius 2 is 2.29 bits per heavy atom. The zero-order valence-corrected chi connectivity index (χ0v) is 9.01. The summed E-state index contributed by atoms with van der Waals surface area (Å²) in [6.45, 7) is 4.75. The molecular formula is C11H19NO2. The minimum Gasteiger partial charge on any atom is -0.468 e. The first-order chi connectivity index (χ1) is 6.84. The monoisotopic (exact) mass is 197 g/mol. The zero-order chi connectivity index (χ0) is 10.2. The van der Waals surface area contributed by atoms with Crippen molar-refractivity contribution in [3.05, 3.63) is 23.7 Å². The highest BCUT2D eigenvalue weighted by atomic mass is 16.5. The van der Waals surface area contributed by atoms with E-state index < -0.39 is 0 Å². The van der Waals surface area contributed by atoms with Crippen molar-refractivity contribution >= 4 is 0 Å². The SMILES string of the molecule is COCCCCNCc1occc1C. The van der Waals surface area contributed by atoms with Gasteiger partial charge in [-0.25, -0.2) is 0 Å².